The van der Waals surface area contributed by atoms with Gasteiger partial charge in [-0.2, -0.15) is 31.3 Å². The number of halogens is 6. The van der Waals surface area contributed by atoms with Crippen LogP contribution in [0.5, 0.6) is 11.6 Å². The predicted octanol–water partition coefficient (Wildman–Crippen LogP) is 6.31. The van der Waals surface area contributed by atoms with Gasteiger partial charge in [0, 0.05) is 33.2 Å². The molecule has 4 rings (SSSR count). The monoisotopic (exact) mass is 595 g/mol. The molecule has 3 aromatic rings. The van der Waals surface area contributed by atoms with Gasteiger partial charge >= 0.3 is 12.4 Å². The molecule has 7 nitrogen and oxygen atoms in total. The third-order valence-corrected chi connectivity index (χ3v) is 7.32. The van der Waals surface area contributed by atoms with Gasteiger partial charge in [-0.3, -0.25) is 4.79 Å². The number of nitrogens with zero attached hydrogens (tertiary/aromatic N) is 5. The third kappa shape index (κ3) is 6.61. The second-order valence-electron chi connectivity index (χ2n) is 10.8. The number of alkyl halides is 6. The summed E-state index contributed by atoms with van der Waals surface area (Å²) in [5, 5.41) is 0. The topological polar surface area (TPSA) is 61.8 Å². The van der Waals surface area contributed by atoms with Crippen LogP contribution in [0.2, 0.25) is 0 Å². The molecule has 1 aromatic heterocycles. The first kappa shape index (κ1) is 31.1. The van der Waals surface area contributed by atoms with Crippen LogP contribution in [-0.2, 0) is 22.6 Å². The summed E-state index contributed by atoms with van der Waals surface area (Å²) in [5.41, 5.74) is -4.39. The highest BCUT2D eigenvalue weighted by Crippen LogP contribution is 2.41. The number of hydrogen-bond donors (Lipinski definition) is 0. The van der Waals surface area contributed by atoms with Gasteiger partial charge < -0.3 is 19.4 Å². The summed E-state index contributed by atoms with van der Waals surface area (Å²) in [5.74, 6) is 0.0401. The fourth-order valence-electron chi connectivity index (χ4n) is 4.56. The summed E-state index contributed by atoms with van der Waals surface area (Å²) >= 11 is 0. The predicted molar refractivity (Wildman–Crippen MR) is 146 cm³/mol. The molecule has 1 saturated heterocycles. The Hall–Kier alpha value is -3.87. The summed E-state index contributed by atoms with van der Waals surface area (Å²) in [4.78, 5) is 28.0. The maximum Gasteiger partial charge on any atom is 0.416 e. The average molecular weight is 596 g/mol. The van der Waals surface area contributed by atoms with Crippen molar-refractivity contribution in [2.24, 2.45) is 0 Å². The minimum atomic E-state index is -5.05. The summed E-state index contributed by atoms with van der Waals surface area (Å²) in [6.45, 7) is 7.22. The molecule has 0 atom stereocenters. The highest BCUT2D eigenvalue weighted by molar-refractivity contribution is 6.01. The highest BCUT2D eigenvalue weighted by Gasteiger charge is 2.41. The molecule has 0 radical (unpaired) electrons. The number of likely N-dealkylation sites (N-methyl/N-ethyl adjacent to an activating group) is 2. The molecule has 1 aliphatic heterocycles. The number of rotatable bonds is 6. The van der Waals surface area contributed by atoms with Crippen LogP contribution < -0.4 is 14.5 Å². The number of aromatic nitrogens is 2. The lowest BCUT2D eigenvalue weighted by Crippen LogP contribution is -2.45. The number of carbonyl (C=O) groups is 1. The summed E-state index contributed by atoms with van der Waals surface area (Å²) in [7, 11) is 3.35. The van der Waals surface area contributed by atoms with Crippen LogP contribution in [-0.4, -0.2) is 61.0 Å². The number of benzene rings is 2. The Morgan fingerprint density at radius 2 is 1.45 bits per heavy atom. The average Bonchev–Trinajstić information content (AvgIpc) is 2.92. The number of aryl methyl sites for hydroxylation is 1. The van der Waals surface area contributed by atoms with Gasteiger partial charge in [0.05, 0.1) is 22.7 Å². The Balaban J connectivity index is 1.76. The zero-order valence-corrected chi connectivity index (χ0v) is 23.8. The van der Waals surface area contributed by atoms with Gasteiger partial charge in [-0.05, 0) is 63.2 Å². The molecule has 0 saturated carbocycles. The summed E-state index contributed by atoms with van der Waals surface area (Å²) in [6, 6.07) is 8.28. The van der Waals surface area contributed by atoms with E-state index in [2.05, 4.69) is 14.9 Å². The highest BCUT2D eigenvalue weighted by atomic mass is 19.4. The fraction of sp³-hybridized carbons (Fsp3) is 0.414. The van der Waals surface area contributed by atoms with Crippen LogP contribution in [0.3, 0.4) is 0 Å². The van der Waals surface area contributed by atoms with Gasteiger partial charge in [0.1, 0.15) is 11.4 Å². The van der Waals surface area contributed by atoms with Crippen molar-refractivity contribution in [1.82, 2.24) is 14.9 Å². The molecule has 0 aliphatic carbocycles. The zero-order chi connectivity index (χ0) is 31.0. The SMILES string of the molecule is Cc1ccccc1Oc1nc(N2CCN(C)CC2)ncc1N(C)C(=O)C(C)(C)c1cc(C(F)(F)F)cc(C(F)(F)F)c1. The lowest BCUT2D eigenvalue weighted by molar-refractivity contribution is -0.143. The molecule has 1 amide bonds. The van der Waals surface area contributed by atoms with Crippen LogP contribution in [0.4, 0.5) is 38.0 Å². The molecule has 0 unspecified atom stereocenters. The van der Waals surface area contributed by atoms with E-state index in [-0.39, 0.29) is 17.6 Å². The van der Waals surface area contributed by atoms with E-state index in [1.165, 1.54) is 27.1 Å². The second kappa shape index (κ2) is 11.4. The number of amides is 1. The van der Waals surface area contributed by atoms with Crippen molar-refractivity contribution >= 4 is 17.5 Å². The Morgan fingerprint density at radius 3 is 2.00 bits per heavy atom. The molecule has 2 aromatic carbocycles. The molecular formula is C29H31F6N5O2. The Morgan fingerprint density at radius 1 is 0.905 bits per heavy atom. The number of hydrogen-bond acceptors (Lipinski definition) is 6. The molecule has 0 N–H and O–H groups in total. The van der Waals surface area contributed by atoms with Crippen molar-refractivity contribution in [2.75, 3.05) is 50.1 Å². The second-order valence-corrected chi connectivity index (χ2v) is 10.8. The number of carbonyl (C=O) groups excluding carboxylic acids is 1. The van der Waals surface area contributed by atoms with E-state index >= 15 is 0 Å². The minimum Gasteiger partial charge on any atom is -0.437 e. The normalized spacial score (nSPS) is 15.1. The minimum absolute atomic E-state index is 0.0138. The largest absolute Gasteiger partial charge is 0.437 e. The van der Waals surface area contributed by atoms with Crippen LogP contribution in [0.15, 0.2) is 48.7 Å². The quantitative estimate of drug-likeness (QED) is 0.312. The molecular weight excluding hydrogens is 564 g/mol. The molecule has 0 bridgehead atoms. The van der Waals surface area contributed by atoms with Gasteiger partial charge in [-0.1, -0.05) is 18.2 Å². The van der Waals surface area contributed by atoms with Crippen molar-refractivity contribution in [3.8, 4) is 11.6 Å². The fourth-order valence-corrected chi connectivity index (χ4v) is 4.56. The molecule has 226 valence electrons. The molecule has 0 spiro atoms. The van der Waals surface area contributed by atoms with E-state index in [4.69, 9.17) is 4.74 Å². The van der Waals surface area contributed by atoms with E-state index in [1.54, 1.807) is 12.1 Å². The third-order valence-electron chi connectivity index (χ3n) is 7.32. The van der Waals surface area contributed by atoms with Gasteiger partial charge in [0.2, 0.25) is 17.7 Å². The smallest absolute Gasteiger partial charge is 0.416 e. The van der Waals surface area contributed by atoms with Crippen LogP contribution in [0, 0.1) is 6.92 Å². The van der Waals surface area contributed by atoms with Crippen LogP contribution >= 0.6 is 0 Å². The van der Waals surface area contributed by atoms with Crippen molar-refractivity contribution < 1.29 is 35.9 Å². The van der Waals surface area contributed by atoms with Crippen LogP contribution in [0.25, 0.3) is 0 Å². The van der Waals surface area contributed by atoms with E-state index in [0.29, 0.717) is 36.9 Å². The maximum atomic E-state index is 13.8. The van der Waals surface area contributed by atoms with E-state index in [9.17, 15) is 31.1 Å². The molecule has 2 heterocycles. The molecule has 1 fully saturated rings. The van der Waals surface area contributed by atoms with Gasteiger partial charge in [-0.25, -0.2) is 4.98 Å². The first-order valence-electron chi connectivity index (χ1n) is 13.1. The molecule has 13 heteroatoms. The lowest BCUT2D eigenvalue weighted by Gasteiger charge is -2.33. The Bertz CT molecular complexity index is 1420. The first-order valence-corrected chi connectivity index (χ1v) is 13.1. The van der Waals surface area contributed by atoms with Gasteiger partial charge in [-0.15, -0.1) is 0 Å². The van der Waals surface area contributed by atoms with Crippen molar-refractivity contribution in [2.45, 2.75) is 38.5 Å². The van der Waals surface area contributed by atoms with Crippen LogP contribution in [0.1, 0.15) is 36.1 Å². The van der Waals surface area contributed by atoms with Gasteiger partial charge in [0.25, 0.3) is 0 Å². The first-order chi connectivity index (χ1) is 19.5. The number of ether oxygens (including phenoxy) is 1. The molecule has 42 heavy (non-hydrogen) atoms. The standard InChI is InChI=1S/C29H31F6N5O2/c1-18-8-6-7-9-23(18)42-24-22(17-36-26(37-24)40-12-10-38(4)11-13-40)39(5)25(41)27(2,3)19-14-20(28(30,31)32)16-21(15-19)29(33,34)35/h6-9,14-17H,10-13H2,1-5H3. The van der Waals surface area contributed by atoms with Crippen molar-refractivity contribution in [1.29, 1.82) is 0 Å². The summed E-state index contributed by atoms with van der Waals surface area (Å²) in [6.07, 6.45) is -8.74. The van der Waals surface area contributed by atoms with E-state index in [1.807, 2.05) is 31.0 Å². The Labute approximate surface area is 239 Å². The van der Waals surface area contributed by atoms with Gasteiger partial charge in [0.15, 0.2) is 0 Å². The Kier molecular flexibility index (Phi) is 8.45. The number of piperazine rings is 1. The maximum absolute atomic E-state index is 13.8. The van der Waals surface area contributed by atoms with Crippen molar-refractivity contribution in [3.05, 3.63) is 70.9 Å². The van der Waals surface area contributed by atoms with E-state index < -0.39 is 40.4 Å². The number of anilines is 2. The number of para-hydroxylation sites is 1. The summed E-state index contributed by atoms with van der Waals surface area (Å²) < 4.78 is 87.4. The van der Waals surface area contributed by atoms with E-state index in [0.717, 1.165) is 23.6 Å². The molecule has 1 aliphatic rings. The lowest BCUT2D eigenvalue weighted by atomic mass is 9.81. The zero-order valence-electron chi connectivity index (χ0n) is 23.8. The van der Waals surface area contributed by atoms with Crippen molar-refractivity contribution in [3.63, 3.8) is 0 Å².